The van der Waals surface area contributed by atoms with Gasteiger partial charge in [0.25, 0.3) is 0 Å². The Hall–Kier alpha value is -3.34. The number of hydrogen-bond donors (Lipinski definition) is 0. The zero-order valence-corrected chi connectivity index (χ0v) is 44.9. The topological polar surface area (TPSA) is 38.2 Å². The number of pyridine rings is 2. The first-order chi connectivity index (χ1) is 29.5. The van der Waals surface area contributed by atoms with E-state index in [9.17, 15) is 0 Å². The summed E-state index contributed by atoms with van der Waals surface area (Å²) in [5, 5.41) is 0. The quantitative estimate of drug-likeness (QED) is 0.173. The molecule has 1 saturated carbocycles. The molecule has 2 aromatic carbocycles. The van der Waals surface area contributed by atoms with Crippen molar-refractivity contribution in [3.05, 3.63) is 132 Å². The highest BCUT2D eigenvalue weighted by Crippen LogP contribution is 2.29. The molecule has 4 heteroatoms. The standard InChI is InChI=1S/C11H16.C10H15N.C10H21N.C10H20O.C10H14.C9H13N/c1-11(2,3)9-10-7-5-4-6-8-10;1-10(2,3)8-9-6-4-5-7-11-9;1-10(2,3)9-11-7-5-4-6-8-11;1-10(2,3)6-7-11-8-9-4-5-9;1-10(2,3)9-7-5-4-6-8-9;1-9(2,3)8-6-4-5-7-10-8/h4-8H,9H2,1-3H3;4-7H,8H2,1-3H3;4-9H2,1-3H3;9H,4-8H2,1-3H3;4-8H,1-3H3;4-7H,1-3H3. The van der Waals surface area contributed by atoms with Gasteiger partial charge in [-0.05, 0) is 126 Å². The second-order valence-corrected chi connectivity index (χ2v) is 25.1. The van der Waals surface area contributed by atoms with Crippen LogP contribution < -0.4 is 0 Å². The Balaban J connectivity index is 0.000000384. The van der Waals surface area contributed by atoms with Crippen molar-refractivity contribution >= 4 is 0 Å². The fourth-order valence-electron chi connectivity index (χ4n) is 6.70. The molecule has 6 rings (SSSR count). The smallest absolute Gasteiger partial charge is 0.0494 e. The molecule has 2 fully saturated rings. The van der Waals surface area contributed by atoms with Crippen LogP contribution in [0.15, 0.2) is 109 Å². The zero-order chi connectivity index (χ0) is 48.5. The van der Waals surface area contributed by atoms with E-state index < -0.39 is 0 Å². The summed E-state index contributed by atoms with van der Waals surface area (Å²) in [5.74, 6) is 0.912. The average molecular weight is 878 g/mol. The predicted molar refractivity (Wildman–Crippen MR) is 282 cm³/mol. The minimum absolute atomic E-state index is 0.182. The Morgan fingerprint density at radius 2 is 1.00 bits per heavy atom. The lowest BCUT2D eigenvalue weighted by atomic mass is 9.87. The first-order valence-corrected chi connectivity index (χ1v) is 24.7. The maximum Gasteiger partial charge on any atom is 0.0494 e. The summed E-state index contributed by atoms with van der Waals surface area (Å²) in [5.41, 5.74) is 7.30. The van der Waals surface area contributed by atoms with Crippen molar-refractivity contribution < 1.29 is 4.74 Å². The molecule has 360 valence electrons. The maximum atomic E-state index is 5.53. The summed E-state index contributed by atoms with van der Waals surface area (Å²) >= 11 is 0. The maximum absolute atomic E-state index is 5.53. The number of rotatable bonds is 7. The summed E-state index contributed by atoms with van der Waals surface area (Å²) < 4.78 is 5.53. The second-order valence-electron chi connectivity index (χ2n) is 25.1. The third-order valence-electron chi connectivity index (χ3n) is 10.3. The SMILES string of the molecule is CC(C)(C)CCOCC1CC1.CC(C)(C)CN1CCCCC1.CC(C)(C)Cc1ccccc1.CC(C)(C)Cc1ccccn1.CC(C)(C)c1ccccc1.CC(C)(C)c1ccccn1. The summed E-state index contributed by atoms with van der Waals surface area (Å²) in [7, 11) is 0. The molecule has 64 heavy (non-hydrogen) atoms. The number of ether oxygens (including phenoxy) is 1. The summed E-state index contributed by atoms with van der Waals surface area (Å²) in [4.78, 5) is 11.1. The highest BCUT2D eigenvalue weighted by Gasteiger charge is 2.22. The Morgan fingerprint density at radius 1 is 0.500 bits per heavy atom. The molecular formula is C60H99N3O. The van der Waals surface area contributed by atoms with Gasteiger partial charge in [-0.1, -0.05) is 204 Å². The molecule has 2 aromatic heterocycles. The monoisotopic (exact) mass is 878 g/mol. The molecule has 0 N–H and O–H groups in total. The number of hydrogen-bond acceptors (Lipinski definition) is 4. The third kappa shape index (κ3) is 35.0. The van der Waals surface area contributed by atoms with E-state index in [1.807, 2.05) is 36.7 Å². The number of benzene rings is 2. The minimum Gasteiger partial charge on any atom is -0.381 e. The summed E-state index contributed by atoms with van der Waals surface area (Å²) in [6.45, 7) is 46.2. The van der Waals surface area contributed by atoms with Crippen molar-refractivity contribution in [2.45, 2.75) is 187 Å². The van der Waals surface area contributed by atoms with Crippen LogP contribution in [0.5, 0.6) is 0 Å². The van der Waals surface area contributed by atoms with Crippen LogP contribution in [-0.2, 0) is 28.4 Å². The first kappa shape index (κ1) is 58.7. The summed E-state index contributed by atoms with van der Waals surface area (Å²) in [6.07, 6.45) is 14.1. The van der Waals surface area contributed by atoms with Crippen LogP contribution in [0.1, 0.15) is 186 Å². The van der Waals surface area contributed by atoms with E-state index >= 15 is 0 Å². The Labute approximate surface area is 397 Å². The number of aromatic nitrogens is 2. The molecule has 0 radical (unpaired) electrons. The minimum atomic E-state index is 0.182. The second kappa shape index (κ2) is 28.6. The molecule has 0 atom stereocenters. The number of piperidine rings is 1. The van der Waals surface area contributed by atoms with Crippen LogP contribution in [0.25, 0.3) is 0 Å². The van der Waals surface area contributed by atoms with Crippen molar-refractivity contribution in [2.75, 3.05) is 32.8 Å². The van der Waals surface area contributed by atoms with Gasteiger partial charge >= 0.3 is 0 Å². The van der Waals surface area contributed by atoms with Crippen LogP contribution in [0, 0.1) is 27.6 Å². The van der Waals surface area contributed by atoms with E-state index in [4.69, 9.17) is 4.74 Å². The van der Waals surface area contributed by atoms with Crippen LogP contribution in [-0.4, -0.2) is 47.7 Å². The molecular weight excluding hydrogens is 779 g/mol. The lowest BCUT2D eigenvalue weighted by molar-refractivity contribution is 0.100. The zero-order valence-electron chi connectivity index (χ0n) is 44.9. The van der Waals surface area contributed by atoms with Gasteiger partial charge in [0.2, 0.25) is 0 Å². The Kier molecular flexibility index (Phi) is 26.3. The van der Waals surface area contributed by atoms with E-state index in [0.29, 0.717) is 27.1 Å². The van der Waals surface area contributed by atoms with Gasteiger partial charge in [-0.3, -0.25) is 9.97 Å². The van der Waals surface area contributed by atoms with E-state index in [-0.39, 0.29) is 5.41 Å². The van der Waals surface area contributed by atoms with E-state index in [1.165, 1.54) is 75.0 Å². The first-order valence-electron chi connectivity index (χ1n) is 24.7. The Bertz CT molecular complexity index is 1590. The fourth-order valence-corrected chi connectivity index (χ4v) is 6.70. The molecule has 4 aromatic rings. The molecule has 4 nitrogen and oxygen atoms in total. The van der Waals surface area contributed by atoms with Crippen molar-refractivity contribution in [1.29, 1.82) is 0 Å². The van der Waals surface area contributed by atoms with Crippen LogP contribution in [0.3, 0.4) is 0 Å². The van der Waals surface area contributed by atoms with E-state index in [2.05, 4.69) is 212 Å². The van der Waals surface area contributed by atoms with Gasteiger partial charge in [0.05, 0.1) is 0 Å². The normalized spacial score (nSPS) is 14.6. The van der Waals surface area contributed by atoms with Gasteiger partial charge in [-0.2, -0.15) is 0 Å². The molecule has 3 heterocycles. The van der Waals surface area contributed by atoms with Crippen LogP contribution in [0.2, 0.25) is 0 Å². The molecule has 1 aliphatic heterocycles. The van der Waals surface area contributed by atoms with Crippen LogP contribution in [0.4, 0.5) is 0 Å². The van der Waals surface area contributed by atoms with E-state index in [0.717, 1.165) is 37.7 Å². The van der Waals surface area contributed by atoms with Crippen molar-refractivity contribution in [3.63, 3.8) is 0 Å². The third-order valence-corrected chi connectivity index (χ3v) is 10.3. The Morgan fingerprint density at radius 3 is 1.38 bits per heavy atom. The fraction of sp³-hybridized carbons (Fsp3) is 0.633. The lowest BCUT2D eigenvalue weighted by Gasteiger charge is -2.32. The van der Waals surface area contributed by atoms with Gasteiger partial charge < -0.3 is 9.64 Å². The largest absolute Gasteiger partial charge is 0.381 e. The molecule has 2 aliphatic rings. The molecule has 1 saturated heterocycles. The molecule has 0 amide bonds. The van der Waals surface area contributed by atoms with Gasteiger partial charge in [0.1, 0.15) is 0 Å². The van der Waals surface area contributed by atoms with Gasteiger partial charge in [0.15, 0.2) is 0 Å². The highest BCUT2D eigenvalue weighted by molar-refractivity contribution is 5.22. The van der Waals surface area contributed by atoms with Crippen molar-refractivity contribution in [2.24, 2.45) is 27.6 Å². The molecule has 1 aliphatic carbocycles. The number of nitrogens with zero attached hydrogens (tertiary/aromatic N) is 3. The van der Waals surface area contributed by atoms with Gasteiger partial charge in [-0.25, -0.2) is 0 Å². The van der Waals surface area contributed by atoms with Crippen molar-refractivity contribution in [3.8, 4) is 0 Å². The number of likely N-dealkylation sites (tertiary alicyclic amines) is 1. The highest BCUT2D eigenvalue weighted by atomic mass is 16.5. The predicted octanol–water partition coefficient (Wildman–Crippen LogP) is 16.7. The van der Waals surface area contributed by atoms with E-state index in [1.54, 1.807) is 0 Å². The molecule has 0 unspecified atom stereocenters. The average Bonchev–Trinajstić information content (AvgIpc) is 4.02. The van der Waals surface area contributed by atoms with Gasteiger partial charge in [-0.15, -0.1) is 0 Å². The lowest BCUT2D eigenvalue weighted by Crippen LogP contribution is -2.36. The van der Waals surface area contributed by atoms with Crippen LogP contribution >= 0.6 is 0 Å². The summed E-state index contributed by atoms with van der Waals surface area (Å²) in [6, 6.07) is 33.3. The van der Waals surface area contributed by atoms with Gasteiger partial charge in [0, 0.05) is 49.0 Å². The molecule has 0 spiro atoms. The molecule has 0 bridgehead atoms. The van der Waals surface area contributed by atoms with Crippen molar-refractivity contribution in [1.82, 2.24) is 14.9 Å².